The molecule has 2 bridgehead atoms. The predicted molar refractivity (Wildman–Crippen MR) is 192 cm³/mol. The number of hydrogen-bond acceptors (Lipinski definition) is 5. The number of urea groups is 1. The number of nitrogens with one attached hydrogen (secondary N) is 1. The second-order valence-corrected chi connectivity index (χ2v) is 17.4. The number of carbonyl (C=O) groups excluding carboxylic acids is 2. The molecule has 0 aromatic heterocycles. The molecule has 0 heterocycles. The highest BCUT2D eigenvalue weighted by Crippen LogP contribution is 2.78. The average molecular weight is 673 g/mol. The predicted octanol–water partition coefficient (Wildman–Crippen LogP) is 7.54. The van der Waals surface area contributed by atoms with E-state index in [1.165, 1.54) is 6.42 Å². The van der Waals surface area contributed by atoms with Crippen molar-refractivity contribution in [1.29, 1.82) is 0 Å². The van der Waals surface area contributed by atoms with Crippen molar-refractivity contribution in [3.05, 3.63) is 59.7 Å². The van der Waals surface area contributed by atoms with E-state index < -0.39 is 16.4 Å². The highest BCUT2D eigenvalue weighted by molar-refractivity contribution is 6.00. The van der Waals surface area contributed by atoms with Gasteiger partial charge in [-0.3, -0.25) is 4.79 Å². The Balaban J connectivity index is 1.23. The standard InChI is InChI=1S/C42H60N2O5/c1-29(30-12-7-5-8-13-30)43-37(47)44(24-11-25-49-4)28-41(48)21-18-35-39(41,3)20-17-34-38(2)19-16-32(45)26-40(38)22-23-42(34,35)33(27-40)36(46)31-14-9-6-10-15-31/h5,7-8,12-13,22-23,27,29,31-32,34-35,45,48H,6,9-11,14-21,24-26,28H2,1-4H3,(H,43,47). The van der Waals surface area contributed by atoms with Crippen LogP contribution in [0.25, 0.3) is 0 Å². The monoisotopic (exact) mass is 672 g/mol. The number of benzene rings is 1. The fourth-order valence-electron chi connectivity index (χ4n) is 12.3. The summed E-state index contributed by atoms with van der Waals surface area (Å²) in [5.41, 5.74) is -0.308. The van der Waals surface area contributed by atoms with Crippen LogP contribution in [0.4, 0.5) is 4.79 Å². The molecule has 4 fully saturated rings. The molecule has 0 saturated heterocycles. The number of hydrogen-bond donors (Lipinski definition) is 3. The van der Waals surface area contributed by atoms with Gasteiger partial charge in [0, 0.05) is 48.0 Å². The highest BCUT2D eigenvalue weighted by Gasteiger charge is 2.74. The molecule has 8 rings (SSSR count). The van der Waals surface area contributed by atoms with Crippen molar-refractivity contribution in [2.24, 2.45) is 39.4 Å². The summed E-state index contributed by atoms with van der Waals surface area (Å²) in [4.78, 5) is 30.7. The van der Waals surface area contributed by atoms with Gasteiger partial charge in [-0.25, -0.2) is 4.79 Å². The normalized spacial score (nSPS) is 40.1. The first kappa shape index (κ1) is 34.9. The minimum absolute atomic E-state index is 0.0426. The van der Waals surface area contributed by atoms with E-state index in [0.717, 1.165) is 68.9 Å². The Morgan fingerprint density at radius 2 is 1.65 bits per heavy atom. The number of fused-ring (bicyclic) bond motifs is 1. The van der Waals surface area contributed by atoms with Crippen LogP contribution >= 0.6 is 0 Å². The molecule has 49 heavy (non-hydrogen) atoms. The van der Waals surface area contributed by atoms with Gasteiger partial charge in [0.25, 0.3) is 0 Å². The van der Waals surface area contributed by atoms with Crippen molar-refractivity contribution in [2.75, 3.05) is 26.8 Å². The van der Waals surface area contributed by atoms with Crippen LogP contribution in [0.2, 0.25) is 0 Å². The van der Waals surface area contributed by atoms with Crippen LogP contribution in [0.3, 0.4) is 0 Å². The fraction of sp³-hybridized carbons (Fsp3) is 0.714. The Bertz CT molecular complexity index is 1470. The van der Waals surface area contributed by atoms with Gasteiger partial charge in [0.15, 0.2) is 5.78 Å². The lowest BCUT2D eigenvalue weighted by molar-refractivity contribution is -0.178. The molecular weight excluding hydrogens is 612 g/mol. The zero-order chi connectivity index (χ0) is 34.7. The maximum atomic E-state index is 14.8. The molecule has 0 aliphatic heterocycles. The Kier molecular flexibility index (Phi) is 9.22. The number of ketones is 1. The van der Waals surface area contributed by atoms with E-state index in [1.807, 2.05) is 42.2 Å². The van der Waals surface area contributed by atoms with Gasteiger partial charge in [0.1, 0.15) is 0 Å². The summed E-state index contributed by atoms with van der Waals surface area (Å²) in [5.74, 6) is 0.788. The van der Waals surface area contributed by atoms with Gasteiger partial charge in [-0.1, -0.05) is 81.7 Å². The third-order valence-corrected chi connectivity index (χ3v) is 15.1. The van der Waals surface area contributed by atoms with E-state index in [9.17, 15) is 19.8 Å². The molecule has 3 N–H and O–H groups in total. The van der Waals surface area contributed by atoms with Gasteiger partial charge in [0.05, 0.1) is 24.3 Å². The molecule has 9 atom stereocenters. The maximum Gasteiger partial charge on any atom is 0.317 e. The van der Waals surface area contributed by atoms with Crippen LogP contribution < -0.4 is 5.32 Å². The number of amides is 2. The largest absolute Gasteiger partial charge is 0.393 e. The van der Waals surface area contributed by atoms with Crippen molar-refractivity contribution in [2.45, 2.75) is 122 Å². The van der Waals surface area contributed by atoms with Gasteiger partial charge in [-0.05, 0) is 93.9 Å². The third-order valence-electron chi connectivity index (χ3n) is 15.1. The van der Waals surface area contributed by atoms with Crippen molar-refractivity contribution >= 4 is 11.8 Å². The van der Waals surface area contributed by atoms with E-state index in [0.29, 0.717) is 44.1 Å². The second kappa shape index (κ2) is 12.9. The molecule has 1 aromatic carbocycles. The molecule has 268 valence electrons. The van der Waals surface area contributed by atoms with Crippen molar-refractivity contribution in [3.8, 4) is 0 Å². The molecule has 4 saturated carbocycles. The first-order valence-electron chi connectivity index (χ1n) is 19.4. The molecule has 9 unspecified atom stereocenters. The van der Waals surface area contributed by atoms with Gasteiger partial charge in [-0.2, -0.15) is 0 Å². The molecule has 2 spiro atoms. The van der Waals surface area contributed by atoms with E-state index in [1.54, 1.807) is 7.11 Å². The molecule has 1 aromatic rings. The molecule has 0 radical (unpaired) electrons. The lowest BCUT2D eigenvalue weighted by atomic mass is 9.32. The summed E-state index contributed by atoms with van der Waals surface area (Å²) < 4.78 is 5.38. The summed E-state index contributed by atoms with van der Waals surface area (Å²) in [6.07, 6.45) is 18.5. The van der Waals surface area contributed by atoms with Crippen LogP contribution in [0.1, 0.15) is 116 Å². The van der Waals surface area contributed by atoms with Crippen molar-refractivity contribution in [1.82, 2.24) is 10.2 Å². The zero-order valence-electron chi connectivity index (χ0n) is 30.4. The average Bonchev–Trinajstić information content (AvgIpc) is 3.38. The summed E-state index contributed by atoms with van der Waals surface area (Å²) in [5, 5.41) is 27.2. The number of Topliss-reactive ketones (excluding diaryl/α,β-unsaturated/α-hetero) is 1. The Labute approximate surface area is 293 Å². The van der Waals surface area contributed by atoms with Crippen LogP contribution in [0.5, 0.6) is 0 Å². The van der Waals surface area contributed by atoms with Gasteiger partial charge >= 0.3 is 6.03 Å². The fourth-order valence-corrected chi connectivity index (χ4v) is 12.3. The molecule has 7 heteroatoms. The SMILES string of the molecule is COCCCN(CC1(O)CCC2C34C=CC5(C=C3C(=O)C3CCCCC3)CC(O)CCC5(C)C4CCC21C)C(=O)NC(C)c1ccccc1. The number of rotatable bonds is 10. The number of aliphatic hydroxyl groups excluding tert-OH is 1. The zero-order valence-corrected chi connectivity index (χ0v) is 30.4. The lowest BCUT2D eigenvalue weighted by Gasteiger charge is -2.71. The number of methoxy groups -OCH3 is 1. The summed E-state index contributed by atoms with van der Waals surface area (Å²) in [6.45, 7) is 8.01. The molecule has 7 aliphatic carbocycles. The highest BCUT2D eigenvalue weighted by atomic mass is 16.5. The number of nitrogens with zero attached hydrogens (tertiary/aromatic N) is 1. The summed E-state index contributed by atoms with van der Waals surface area (Å²) >= 11 is 0. The minimum Gasteiger partial charge on any atom is -0.393 e. The summed E-state index contributed by atoms with van der Waals surface area (Å²) in [7, 11) is 1.68. The first-order chi connectivity index (χ1) is 23.4. The number of ether oxygens (including phenoxy) is 1. The van der Waals surface area contributed by atoms with E-state index in [-0.39, 0.29) is 47.4 Å². The van der Waals surface area contributed by atoms with Crippen LogP contribution in [-0.4, -0.2) is 65.4 Å². The smallest absolute Gasteiger partial charge is 0.317 e. The molecular formula is C42H60N2O5. The quantitative estimate of drug-likeness (QED) is 0.176. The van der Waals surface area contributed by atoms with Gasteiger partial charge < -0.3 is 25.2 Å². The van der Waals surface area contributed by atoms with E-state index in [4.69, 9.17) is 4.74 Å². The second-order valence-electron chi connectivity index (χ2n) is 17.4. The maximum absolute atomic E-state index is 14.8. The number of carbonyl (C=O) groups is 2. The van der Waals surface area contributed by atoms with Crippen molar-refractivity contribution in [3.63, 3.8) is 0 Å². The third kappa shape index (κ3) is 5.39. The van der Waals surface area contributed by atoms with Crippen LogP contribution in [0.15, 0.2) is 54.1 Å². The molecule has 7 nitrogen and oxygen atoms in total. The molecule has 2 amide bonds. The topological polar surface area (TPSA) is 99.1 Å². The lowest BCUT2D eigenvalue weighted by Crippen LogP contribution is -2.67. The van der Waals surface area contributed by atoms with E-state index in [2.05, 4.69) is 37.4 Å². The van der Waals surface area contributed by atoms with Crippen LogP contribution in [0, 0.1) is 39.4 Å². The number of aliphatic hydroxyl groups is 2. The Morgan fingerprint density at radius 3 is 2.39 bits per heavy atom. The van der Waals surface area contributed by atoms with Crippen LogP contribution in [-0.2, 0) is 9.53 Å². The minimum atomic E-state index is -1.10. The Hall–Kier alpha value is -2.48. The summed E-state index contributed by atoms with van der Waals surface area (Å²) in [6, 6.07) is 9.66. The van der Waals surface area contributed by atoms with Crippen molar-refractivity contribution < 1.29 is 24.5 Å². The van der Waals surface area contributed by atoms with E-state index >= 15 is 0 Å². The molecule has 7 aliphatic rings. The van der Waals surface area contributed by atoms with Gasteiger partial charge in [-0.15, -0.1) is 0 Å². The van der Waals surface area contributed by atoms with Gasteiger partial charge in [0.2, 0.25) is 0 Å². The Morgan fingerprint density at radius 1 is 0.959 bits per heavy atom. The first-order valence-corrected chi connectivity index (χ1v) is 19.4. The number of allylic oxidation sites excluding steroid dienone is 4.